The maximum atomic E-state index is 12.9. The van der Waals surface area contributed by atoms with E-state index < -0.39 is 17.7 Å². The molecule has 0 spiro atoms. The Labute approximate surface area is 167 Å². The van der Waals surface area contributed by atoms with E-state index in [1.807, 2.05) is 18.2 Å². The number of allylic oxidation sites excluding steroid dienone is 2. The average molecular weight is 393 g/mol. The molecule has 0 saturated carbocycles. The van der Waals surface area contributed by atoms with Gasteiger partial charge >= 0.3 is 5.91 Å². The third-order valence-corrected chi connectivity index (χ3v) is 5.05. The van der Waals surface area contributed by atoms with Gasteiger partial charge in [0.2, 0.25) is 0 Å². The van der Waals surface area contributed by atoms with Crippen molar-refractivity contribution < 1.29 is 14.7 Å². The number of aromatic nitrogens is 1. The van der Waals surface area contributed by atoms with E-state index in [-0.39, 0.29) is 11.3 Å². The summed E-state index contributed by atoms with van der Waals surface area (Å²) in [5, 5.41) is 11.4. The van der Waals surface area contributed by atoms with Crippen LogP contribution in [0.4, 0.5) is 5.82 Å². The molecule has 1 amide bonds. The molecule has 1 atom stereocenters. The van der Waals surface area contributed by atoms with E-state index in [2.05, 4.69) is 4.98 Å². The zero-order valence-electron chi connectivity index (χ0n) is 14.9. The van der Waals surface area contributed by atoms with Crippen molar-refractivity contribution in [3.63, 3.8) is 0 Å². The van der Waals surface area contributed by atoms with Gasteiger partial charge < -0.3 is 5.11 Å². The Kier molecular flexibility index (Phi) is 4.84. The summed E-state index contributed by atoms with van der Waals surface area (Å²) in [6.45, 7) is 0. The molecule has 1 aromatic carbocycles. The van der Waals surface area contributed by atoms with Gasteiger partial charge in [0, 0.05) is 16.8 Å². The molecule has 2 aromatic rings. The monoisotopic (exact) mass is 392 g/mol. The SMILES string of the molecule is O=C1C(=O)N(c2ccccn2)C(C2=CCCC=C2)C1=C(O)c1ccc(Cl)cc1. The normalized spacial score (nSPS) is 21.1. The first-order chi connectivity index (χ1) is 13.6. The zero-order valence-corrected chi connectivity index (χ0v) is 15.6. The molecule has 4 rings (SSSR count). The Bertz CT molecular complexity index is 1020. The van der Waals surface area contributed by atoms with E-state index in [1.54, 1.807) is 48.7 Å². The number of amides is 1. The lowest BCUT2D eigenvalue weighted by atomic mass is 9.92. The molecule has 140 valence electrons. The van der Waals surface area contributed by atoms with E-state index in [9.17, 15) is 14.7 Å². The fourth-order valence-electron chi connectivity index (χ4n) is 3.48. The first-order valence-corrected chi connectivity index (χ1v) is 9.30. The van der Waals surface area contributed by atoms with Crippen LogP contribution in [0.25, 0.3) is 5.76 Å². The van der Waals surface area contributed by atoms with Gasteiger partial charge in [-0.2, -0.15) is 0 Å². The van der Waals surface area contributed by atoms with E-state index in [4.69, 9.17) is 11.6 Å². The molecule has 28 heavy (non-hydrogen) atoms. The summed E-state index contributed by atoms with van der Waals surface area (Å²) in [4.78, 5) is 31.4. The van der Waals surface area contributed by atoms with E-state index in [0.717, 1.165) is 18.4 Å². The highest BCUT2D eigenvalue weighted by Crippen LogP contribution is 2.37. The van der Waals surface area contributed by atoms with Crippen molar-refractivity contribution in [3.05, 3.63) is 88.6 Å². The van der Waals surface area contributed by atoms with Crippen LogP contribution in [-0.4, -0.2) is 27.8 Å². The van der Waals surface area contributed by atoms with Gasteiger partial charge in [-0.1, -0.05) is 35.9 Å². The largest absolute Gasteiger partial charge is 0.507 e. The molecular weight excluding hydrogens is 376 g/mol. The van der Waals surface area contributed by atoms with Crippen LogP contribution in [0.3, 0.4) is 0 Å². The molecule has 1 aliphatic carbocycles. The lowest BCUT2D eigenvalue weighted by molar-refractivity contribution is -0.132. The number of aliphatic hydroxyl groups is 1. The van der Waals surface area contributed by atoms with Crippen molar-refractivity contribution in [1.82, 2.24) is 4.98 Å². The molecule has 1 fully saturated rings. The summed E-state index contributed by atoms with van der Waals surface area (Å²) in [5.41, 5.74) is 1.26. The Morgan fingerprint density at radius 1 is 1.11 bits per heavy atom. The quantitative estimate of drug-likeness (QED) is 0.481. The minimum Gasteiger partial charge on any atom is -0.507 e. The molecule has 1 aromatic heterocycles. The number of anilines is 1. The lowest BCUT2D eigenvalue weighted by Gasteiger charge is -2.26. The molecule has 1 saturated heterocycles. The van der Waals surface area contributed by atoms with E-state index in [0.29, 0.717) is 16.4 Å². The number of ketones is 1. The van der Waals surface area contributed by atoms with Crippen LogP contribution < -0.4 is 4.90 Å². The van der Waals surface area contributed by atoms with Crippen molar-refractivity contribution in [3.8, 4) is 0 Å². The van der Waals surface area contributed by atoms with Crippen LogP contribution in [0.1, 0.15) is 18.4 Å². The van der Waals surface area contributed by atoms with Crippen LogP contribution in [0.5, 0.6) is 0 Å². The van der Waals surface area contributed by atoms with Crippen molar-refractivity contribution in [2.24, 2.45) is 0 Å². The fraction of sp³-hybridized carbons (Fsp3) is 0.136. The molecule has 2 heterocycles. The van der Waals surface area contributed by atoms with Gasteiger partial charge in [-0.15, -0.1) is 0 Å². The smallest absolute Gasteiger partial charge is 0.301 e. The third kappa shape index (κ3) is 3.14. The second-order valence-electron chi connectivity index (χ2n) is 6.55. The number of pyridine rings is 1. The second kappa shape index (κ2) is 7.44. The van der Waals surface area contributed by atoms with Gasteiger partial charge in [0.1, 0.15) is 11.6 Å². The number of nitrogens with zero attached hydrogens (tertiary/aromatic N) is 2. The number of carbonyl (C=O) groups excluding carboxylic acids is 2. The number of Topliss-reactive ketones (excluding diaryl/α,β-unsaturated/α-hetero) is 1. The molecule has 6 heteroatoms. The molecule has 1 unspecified atom stereocenters. The third-order valence-electron chi connectivity index (χ3n) is 4.80. The van der Waals surface area contributed by atoms with E-state index >= 15 is 0 Å². The highest BCUT2D eigenvalue weighted by atomic mass is 35.5. The minimum absolute atomic E-state index is 0.0516. The van der Waals surface area contributed by atoms with Crippen LogP contribution in [0, 0.1) is 0 Å². The maximum Gasteiger partial charge on any atom is 0.301 e. The molecule has 1 aliphatic heterocycles. The van der Waals surface area contributed by atoms with Crippen LogP contribution in [0.2, 0.25) is 5.02 Å². The molecule has 1 N–H and O–H groups in total. The molecular formula is C22H17ClN2O3. The molecule has 5 nitrogen and oxygen atoms in total. The van der Waals surface area contributed by atoms with E-state index in [1.165, 1.54) is 4.90 Å². The topological polar surface area (TPSA) is 70.5 Å². The summed E-state index contributed by atoms with van der Waals surface area (Å²) in [6.07, 6.45) is 9.14. The van der Waals surface area contributed by atoms with Crippen LogP contribution >= 0.6 is 11.6 Å². The molecule has 0 bridgehead atoms. The van der Waals surface area contributed by atoms with Gasteiger partial charge in [-0.25, -0.2) is 4.98 Å². The van der Waals surface area contributed by atoms with Gasteiger partial charge in [-0.3, -0.25) is 14.5 Å². The summed E-state index contributed by atoms with van der Waals surface area (Å²) in [5.74, 6) is -1.30. The zero-order chi connectivity index (χ0) is 19.7. The van der Waals surface area contributed by atoms with Gasteiger partial charge in [-0.05, 0) is 54.8 Å². The van der Waals surface area contributed by atoms with Gasteiger partial charge in [0.05, 0.1) is 11.6 Å². The number of carbonyl (C=O) groups is 2. The molecule has 0 radical (unpaired) electrons. The number of hydrogen-bond donors (Lipinski definition) is 1. The minimum atomic E-state index is -0.734. The number of halogens is 1. The van der Waals surface area contributed by atoms with Gasteiger partial charge in [0.25, 0.3) is 5.78 Å². The Morgan fingerprint density at radius 2 is 1.89 bits per heavy atom. The Morgan fingerprint density at radius 3 is 2.54 bits per heavy atom. The van der Waals surface area contributed by atoms with Crippen molar-refractivity contribution >= 4 is 34.9 Å². The predicted molar refractivity (Wildman–Crippen MR) is 108 cm³/mol. The first kappa shape index (κ1) is 18.2. The van der Waals surface area contributed by atoms with Gasteiger partial charge in [0.15, 0.2) is 0 Å². The fourth-order valence-corrected chi connectivity index (χ4v) is 3.61. The molecule has 2 aliphatic rings. The second-order valence-corrected chi connectivity index (χ2v) is 6.98. The predicted octanol–water partition coefficient (Wildman–Crippen LogP) is 4.27. The summed E-state index contributed by atoms with van der Waals surface area (Å²) < 4.78 is 0. The summed E-state index contributed by atoms with van der Waals surface area (Å²) >= 11 is 5.93. The Balaban J connectivity index is 1.91. The number of benzene rings is 1. The lowest BCUT2D eigenvalue weighted by Crippen LogP contribution is -2.36. The summed E-state index contributed by atoms with van der Waals surface area (Å²) in [7, 11) is 0. The highest BCUT2D eigenvalue weighted by molar-refractivity contribution is 6.52. The maximum absolute atomic E-state index is 12.9. The standard InChI is InChI=1S/C22H17ClN2O3/c23-16-11-9-15(10-12-16)20(26)18-19(14-6-2-1-3-7-14)25(22(28)21(18)27)17-8-4-5-13-24-17/h2,4-13,19,26H,1,3H2. The number of aliphatic hydroxyl groups excluding tert-OH is 1. The first-order valence-electron chi connectivity index (χ1n) is 8.92. The van der Waals surface area contributed by atoms with Crippen molar-refractivity contribution in [1.29, 1.82) is 0 Å². The van der Waals surface area contributed by atoms with Crippen LogP contribution in [-0.2, 0) is 9.59 Å². The number of rotatable bonds is 3. The number of hydrogen-bond acceptors (Lipinski definition) is 4. The summed E-state index contributed by atoms with van der Waals surface area (Å²) in [6, 6.07) is 10.9. The Hall–Kier alpha value is -3.18. The average Bonchev–Trinajstić information content (AvgIpc) is 3.00. The van der Waals surface area contributed by atoms with Crippen molar-refractivity contribution in [2.75, 3.05) is 4.90 Å². The van der Waals surface area contributed by atoms with Crippen molar-refractivity contribution in [2.45, 2.75) is 18.9 Å². The highest BCUT2D eigenvalue weighted by Gasteiger charge is 2.47. The van der Waals surface area contributed by atoms with Crippen LogP contribution in [0.15, 0.2) is 78.0 Å².